The first-order valence-electron chi connectivity index (χ1n) is 6.04. The van der Waals surface area contributed by atoms with Gasteiger partial charge in [-0.2, -0.15) is 20.1 Å². The Morgan fingerprint density at radius 3 is 2.68 bits per heavy atom. The molecule has 0 saturated carbocycles. The van der Waals surface area contributed by atoms with E-state index in [1.54, 1.807) is 10.9 Å². The van der Waals surface area contributed by atoms with Crippen molar-refractivity contribution in [2.75, 3.05) is 18.0 Å². The third-order valence-electron chi connectivity index (χ3n) is 2.86. The van der Waals surface area contributed by atoms with Crippen molar-refractivity contribution in [2.45, 2.75) is 22.9 Å². The summed E-state index contributed by atoms with van der Waals surface area (Å²) >= 11 is 7.42. The van der Waals surface area contributed by atoms with Crippen LogP contribution in [0.15, 0.2) is 22.4 Å². The van der Waals surface area contributed by atoms with E-state index < -0.39 is 0 Å². The average molecular weight is 297 g/mol. The van der Waals surface area contributed by atoms with Crippen LogP contribution in [0.1, 0.15) is 12.8 Å². The van der Waals surface area contributed by atoms with Crippen LogP contribution < -0.4 is 4.90 Å². The van der Waals surface area contributed by atoms with Gasteiger partial charge >= 0.3 is 0 Å². The molecule has 0 aromatic carbocycles. The molecule has 3 heterocycles. The number of nitrogens with zero attached hydrogens (tertiary/aromatic N) is 6. The van der Waals surface area contributed by atoms with E-state index in [0.29, 0.717) is 11.1 Å². The van der Waals surface area contributed by atoms with Crippen LogP contribution in [0.25, 0.3) is 0 Å². The predicted octanol–water partition coefficient (Wildman–Crippen LogP) is 2.01. The Bertz CT molecular complexity index is 580. The zero-order chi connectivity index (χ0) is 13.2. The number of hydrogen-bond acceptors (Lipinski definition) is 6. The summed E-state index contributed by atoms with van der Waals surface area (Å²) in [6.45, 7) is 1.97. The molecule has 2 aromatic rings. The van der Waals surface area contributed by atoms with Crippen molar-refractivity contribution in [1.82, 2.24) is 24.7 Å². The first kappa shape index (κ1) is 12.7. The van der Waals surface area contributed by atoms with Crippen molar-refractivity contribution >= 4 is 29.3 Å². The van der Waals surface area contributed by atoms with Gasteiger partial charge in [0.15, 0.2) is 5.16 Å². The Kier molecular flexibility index (Phi) is 3.56. The van der Waals surface area contributed by atoms with Crippen molar-refractivity contribution in [1.29, 1.82) is 0 Å². The average Bonchev–Trinajstić information content (AvgIpc) is 3.00. The molecule has 1 aliphatic heterocycles. The first-order valence-corrected chi connectivity index (χ1v) is 7.23. The van der Waals surface area contributed by atoms with Crippen LogP contribution in [-0.2, 0) is 7.05 Å². The molecule has 0 atom stereocenters. The van der Waals surface area contributed by atoms with Gasteiger partial charge in [0, 0.05) is 26.3 Å². The number of hydrogen-bond donors (Lipinski definition) is 0. The first-order chi connectivity index (χ1) is 9.20. The summed E-state index contributed by atoms with van der Waals surface area (Å²) in [6, 6.07) is 0. The van der Waals surface area contributed by atoms with E-state index in [1.807, 2.05) is 13.2 Å². The van der Waals surface area contributed by atoms with Gasteiger partial charge in [0.1, 0.15) is 0 Å². The lowest BCUT2D eigenvalue weighted by Gasteiger charge is -2.14. The summed E-state index contributed by atoms with van der Waals surface area (Å²) < 4.78 is 1.74. The van der Waals surface area contributed by atoms with Crippen LogP contribution in [0.4, 0.5) is 5.95 Å². The normalized spacial score (nSPS) is 15.2. The van der Waals surface area contributed by atoms with Crippen LogP contribution in [0.2, 0.25) is 5.28 Å². The van der Waals surface area contributed by atoms with Crippen LogP contribution in [0.3, 0.4) is 0 Å². The highest BCUT2D eigenvalue weighted by Crippen LogP contribution is 2.26. The molecule has 0 N–H and O–H groups in total. The fourth-order valence-electron chi connectivity index (χ4n) is 1.98. The molecule has 3 rings (SSSR count). The number of rotatable bonds is 3. The van der Waals surface area contributed by atoms with Crippen molar-refractivity contribution in [3.63, 3.8) is 0 Å². The molecule has 100 valence electrons. The highest BCUT2D eigenvalue weighted by atomic mass is 35.5. The molecule has 8 heteroatoms. The topological polar surface area (TPSA) is 59.7 Å². The minimum absolute atomic E-state index is 0.239. The number of halogens is 1. The van der Waals surface area contributed by atoms with Gasteiger partial charge < -0.3 is 4.90 Å². The van der Waals surface area contributed by atoms with Gasteiger partial charge in [-0.05, 0) is 36.2 Å². The zero-order valence-corrected chi connectivity index (χ0v) is 12.0. The Morgan fingerprint density at radius 2 is 2.00 bits per heavy atom. The number of anilines is 1. The highest BCUT2D eigenvalue weighted by molar-refractivity contribution is 7.99. The number of aromatic nitrogens is 5. The molecule has 6 nitrogen and oxygen atoms in total. The Hall–Kier alpha value is -1.34. The van der Waals surface area contributed by atoms with Crippen LogP contribution >= 0.6 is 23.4 Å². The smallest absolute Gasteiger partial charge is 0.230 e. The van der Waals surface area contributed by atoms with Crippen LogP contribution in [-0.4, -0.2) is 37.8 Å². The molecule has 0 spiro atoms. The zero-order valence-electron chi connectivity index (χ0n) is 10.5. The Morgan fingerprint density at radius 1 is 1.21 bits per heavy atom. The summed E-state index contributed by atoms with van der Waals surface area (Å²) in [4.78, 5) is 15.9. The second kappa shape index (κ2) is 5.34. The third-order valence-corrected chi connectivity index (χ3v) is 3.84. The van der Waals surface area contributed by atoms with E-state index in [2.05, 4.69) is 25.0 Å². The standard InChI is InChI=1S/C11H13ClN6S/c1-17-7-8(6-13-17)19-11-15-9(12)14-10(16-11)18-4-2-3-5-18/h6-7H,2-5H2,1H3. The van der Waals surface area contributed by atoms with Crippen LogP contribution in [0, 0.1) is 0 Å². The molecule has 0 amide bonds. The molecule has 0 radical (unpaired) electrons. The highest BCUT2D eigenvalue weighted by Gasteiger charge is 2.17. The molecule has 0 aliphatic carbocycles. The maximum Gasteiger partial charge on any atom is 0.230 e. The van der Waals surface area contributed by atoms with Gasteiger partial charge in [-0.15, -0.1) is 0 Å². The fourth-order valence-corrected chi connectivity index (χ4v) is 2.96. The molecule has 2 aromatic heterocycles. The van der Waals surface area contributed by atoms with E-state index in [1.165, 1.54) is 24.6 Å². The minimum Gasteiger partial charge on any atom is -0.341 e. The van der Waals surface area contributed by atoms with Crippen molar-refractivity contribution in [3.05, 3.63) is 17.7 Å². The molecule has 1 fully saturated rings. The van der Waals surface area contributed by atoms with Gasteiger partial charge in [-0.1, -0.05) is 0 Å². The summed E-state index contributed by atoms with van der Waals surface area (Å²) in [7, 11) is 1.88. The van der Waals surface area contributed by atoms with E-state index in [-0.39, 0.29) is 5.28 Å². The number of aryl methyl sites for hydroxylation is 1. The Labute approximate surface area is 120 Å². The largest absolute Gasteiger partial charge is 0.341 e. The van der Waals surface area contributed by atoms with E-state index in [4.69, 9.17) is 11.6 Å². The van der Waals surface area contributed by atoms with Gasteiger partial charge in [0.25, 0.3) is 0 Å². The molecular formula is C11H13ClN6S. The molecule has 19 heavy (non-hydrogen) atoms. The molecular weight excluding hydrogens is 284 g/mol. The molecule has 1 aliphatic rings. The maximum atomic E-state index is 5.98. The Balaban J connectivity index is 1.84. The van der Waals surface area contributed by atoms with Crippen molar-refractivity contribution in [2.24, 2.45) is 7.05 Å². The molecule has 0 unspecified atom stereocenters. The monoisotopic (exact) mass is 296 g/mol. The SMILES string of the molecule is Cn1cc(Sc2nc(Cl)nc(N3CCCC3)n2)cn1. The fraction of sp³-hybridized carbons (Fsp3) is 0.455. The second-order valence-corrected chi connectivity index (χ2v) is 5.71. The second-order valence-electron chi connectivity index (χ2n) is 4.33. The molecule has 1 saturated heterocycles. The summed E-state index contributed by atoms with van der Waals surface area (Å²) in [5.74, 6) is 0.670. The third kappa shape index (κ3) is 2.98. The quantitative estimate of drug-likeness (QED) is 0.863. The van der Waals surface area contributed by atoms with E-state index in [0.717, 1.165) is 18.0 Å². The summed E-state index contributed by atoms with van der Waals surface area (Å²) in [6.07, 6.45) is 6.04. The summed E-state index contributed by atoms with van der Waals surface area (Å²) in [5, 5.41) is 4.96. The van der Waals surface area contributed by atoms with Crippen LogP contribution in [0.5, 0.6) is 0 Å². The lowest BCUT2D eigenvalue weighted by atomic mass is 10.4. The van der Waals surface area contributed by atoms with Crippen molar-refractivity contribution < 1.29 is 0 Å². The van der Waals surface area contributed by atoms with Gasteiger partial charge in [-0.25, -0.2) is 0 Å². The summed E-state index contributed by atoms with van der Waals surface area (Å²) in [5.41, 5.74) is 0. The lowest BCUT2D eigenvalue weighted by Crippen LogP contribution is -2.21. The maximum absolute atomic E-state index is 5.98. The van der Waals surface area contributed by atoms with Crippen molar-refractivity contribution in [3.8, 4) is 0 Å². The lowest BCUT2D eigenvalue weighted by molar-refractivity contribution is 0.766. The van der Waals surface area contributed by atoms with Gasteiger partial charge in [0.05, 0.1) is 11.1 Å². The van der Waals surface area contributed by atoms with E-state index >= 15 is 0 Å². The van der Waals surface area contributed by atoms with E-state index in [9.17, 15) is 0 Å². The predicted molar refractivity (Wildman–Crippen MR) is 73.6 cm³/mol. The van der Waals surface area contributed by atoms with Gasteiger partial charge in [0.2, 0.25) is 11.2 Å². The minimum atomic E-state index is 0.239. The van der Waals surface area contributed by atoms with Gasteiger partial charge in [-0.3, -0.25) is 4.68 Å². The molecule has 0 bridgehead atoms.